The van der Waals surface area contributed by atoms with E-state index in [2.05, 4.69) is 71.6 Å². The molecule has 3 nitrogen and oxygen atoms in total. The largest absolute Gasteiger partial charge is 0.338 e. The quantitative estimate of drug-likeness (QED) is 0.736. The molecule has 3 heteroatoms. The van der Waals surface area contributed by atoms with Gasteiger partial charge in [0, 0.05) is 18.7 Å². The van der Waals surface area contributed by atoms with Crippen LogP contribution in [0.4, 0.5) is 0 Å². The van der Waals surface area contributed by atoms with Gasteiger partial charge in [-0.15, -0.1) is 0 Å². The summed E-state index contributed by atoms with van der Waals surface area (Å²) in [5.41, 5.74) is 4.13. The number of carbonyl (C=O) groups excluding carboxylic acids is 1. The Bertz CT molecular complexity index is 1020. The average Bonchev–Trinajstić information content (AvgIpc) is 2.79. The van der Waals surface area contributed by atoms with E-state index in [0.717, 1.165) is 52.0 Å². The van der Waals surface area contributed by atoms with E-state index < -0.39 is 0 Å². The number of hydrogen-bond acceptors (Lipinski definition) is 1. The van der Waals surface area contributed by atoms with Crippen molar-refractivity contribution in [1.29, 1.82) is 0 Å². The summed E-state index contributed by atoms with van der Waals surface area (Å²) in [7, 11) is 0. The van der Waals surface area contributed by atoms with E-state index in [1.54, 1.807) is 4.90 Å². The summed E-state index contributed by atoms with van der Waals surface area (Å²) in [5.74, 6) is 0.536. The molecule has 1 saturated heterocycles. The fourth-order valence-corrected chi connectivity index (χ4v) is 5.18. The van der Waals surface area contributed by atoms with Crippen molar-refractivity contribution < 1.29 is 9.69 Å². The molecule has 148 valence electrons. The van der Waals surface area contributed by atoms with Crippen LogP contribution in [0.3, 0.4) is 0 Å². The van der Waals surface area contributed by atoms with Crippen molar-refractivity contribution in [2.24, 2.45) is 5.92 Å². The van der Waals surface area contributed by atoms with Crippen LogP contribution >= 0.6 is 0 Å². The predicted molar refractivity (Wildman–Crippen MR) is 117 cm³/mol. The molecule has 1 unspecified atom stereocenters. The molecule has 2 aliphatic heterocycles. The van der Waals surface area contributed by atoms with Gasteiger partial charge in [-0.2, -0.15) is 0 Å². The van der Waals surface area contributed by atoms with Gasteiger partial charge in [0.05, 0.1) is 19.0 Å². The van der Waals surface area contributed by atoms with Crippen LogP contribution in [0.5, 0.6) is 0 Å². The molecule has 2 aliphatic rings. The van der Waals surface area contributed by atoms with Gasteiger partial charge in [-0.05, 0) is 41.2 Å². The molecule has 0 radical (unpaired) electrons. The minimum atomic E-state index is 0.166. The van der Waals surface area contributed by atoms with Crippen LogP contribution in [0.2, 0.25) is 0 Å². The number of rotatable bonds is 3. The second-order valence-electron chi connectivity index (χ2n) is 8.64. The lowest BCUT2D eigenvalue weighted by molar-refractivity contribution is -0.921. The number of hydrogen-bond donors (Lipinski definition) is 1. The van der Waals surface area contributed by atoms with Crippen LogP contribution in [0.1, 0.15) is 29.5 Å². The Morgan fingerprint density at radius 3 is 2.69 bits per heavy atom. The molecule has 0 aromatic heterocycles. The van der Waals surface area contributed by atoms with Crippen LogP contribution in [0.25, 0.3) is 10.8 Å². The lowest BCUT2D eigenvalue weighted by Crippen LogP contribution is -3.12. The Morgan fingerprint density at radius 1 is 0.966 bits per heavy atom. The first-order chi connectivity index (χ1) is 14.3. The lowest BCUT2D eigenvalue weighted by atomic mass is 9.93. The molecule has 5 rings (SSSR count). The first kappa shape index (κ1) is 18.4. The average molecular weight is 386 g/mol. The smallest absolute Gasteiger partial charge is 0.231 e. The van der Waals surface area contributed by atoms with Gasteiger partial charge < -0.3 is 9.80 Å². The first-order valence-corrected chi connectivity index (χ1v) is 10.9. The number of quaternary nitrogens is 1. The van der Waals surface area contributed by atoms with Crippen LogP contribution in [-0.2, 0) is 24.3 Å². The molecule has 1 N–H and O–H groups in total. The second kappa shape index (κ2) is 8.00. The van der Waals surface area contributed by atoms with Gasteiger partial charge in [-0.1, -0.05) is 66.7 Å². The third-order valence-electron chi connectivity index (χ3n) is 6.73. The maximum absolute atomic E-state index is 13.3. The highest BCUT2D eigenvalue weighted by molar-refractivity contribution is 5.85. The van der Waals surface area contributed by atoms with Crippen molar-refractivity contribution in [1.82, 2.24) is 4.90 Å². The summed E-state index contributed by atoms with van der Waals surface area (Å²) in [6.07, 6.45) is 3.16. The van der Waals surface area contributed by atoms with Gasteiger partial charge in [-0.3, -0.25) is 4.79 Å². The van der Waals surface area contributed by atoms with Crippen LogP contribution < -0.4 is 4.90 Å². The Morgan fingerprint density at radius 2 is 1.76 bits per heavy atom. The molecule has 0 aliphatic carbocycles. The second-order valence-corrected chi connectivity index (χ2v) is 8.64. The number of nitrogens with one attached hydrogen (secondary N) is 1. The Labute approximate surface area is 172 Å². The molecule has 29 heavy (non-hydrogen) atoms. The lowest BCUT2D eigenvalue weighted by Gasteiger charge is -2.35. The van der Waals surface area contributed by atoms with E-state index in [1.807, 2.05) is 0 Å². The van der Waals surface area contributed by atoms with Gasteiger partial charge in [0.1, 0.15) is 6.54 Å². The third-order valence-corrected chi connectivity index (χ3v) is 6.73. The Hall–Kier alpha value is -2.65. The Balaban J connectivity index is 1.28. The number of carbonyl (C=O) groups is 1. The summed E-state index contributed by atoms with van der Waals surface area (Å²) < 4.78 is 0. The highest BCUT2D eigenvalue weighted by atomic mass is 16.2. The summed E-state index contributed by atoms with van der Waals surface area (Å²) in [6.45, 7) is 4.78. The topological polar surface area (TPSA) is 24.8 Å². The number of nitrogens with zero attached hydrogens (tertiary/aromatic N) is 1. The van der Waals surface area contributed by atoms with Crippen molar-refractivity contribution in [3.8, 4) is 0 Å². The number of piperidine rings is 1. The maximum Gasteiger partial charge on any atom is 0.231 e. The van der Waals surface area contributed by atoms with E-state index >= 15 is 0 Å². The molecular formula is C26H29N2O+. The zero-order valence-electron chi connectivity index (χ0n) is 16.9. The van der Waals surface area contributed by atoms with Crippen LogP contribution in [0, 0.1) is 5.92 Å². The third kappa shape index (κ3) is 3.79. The monoisotopic (exact) mass is 385 g/mol. The van der Waals surface area contributed by atoms with Crippen LogP contribution in [-0.4, -0.2) is 30.4 Å². The molecule has 2 atom stereocenters. The number of fused-ring (bicyclic) bond motifs is 2. The molecule has 2 heterocycles. The van der Waals surface area contributed by atoms with E-state index in [9.17, 15) is 4.79 Å². The maximum atomic E-state index is 13.3. The highest BCUT2D eigenvalue weighted by Crippen LogP contribution is 2.22. The summed E-state index contributed by atoms with van der Waals surface area (Å²) in [5, 5.41) is 2.66. The summed E-state index contributed by atoms with van der Waals surface area (Å²) in [6, 6.07) is 23.8. The van der Waals surface area contributed by atoms with Crippen LogP contribution in [0.15, 0.2) is 66.7 Å². The predicted octanol–water partition coefficient (Wildman–Crippen LogP) is 3.22. The minimum Gasteiger partial charge on any atom is -0.338 e. The van der Waals surface area contributed by atoms with E-state index in [4.69, 9.17) is 0 Å². The van der Waals surface area contributed by atoms with Crippen molar-refractivity contribution in [3.63, 3.8) is 0 Å². The molecule has 3 aromatic rings. The van der Waals surface area contributed by atoms with Gasteiger partial charge in [0.15, 0.2) is 0 Å². The molecule has 3 aromatic carbocycles. The molecular weight excluding hydrogens is 356 g/mol. The summed E-state index contributed by atoms with van der Waals surface area (Å²) >= 11 is 0. The zero-order chi connectivity index (χ0) is 19.6. The molecule has 0 bridgehead atoms. The number of likely N-dealkylation sites (tertiary alicyclic amines) is 1. The molecule has 0 saturated carbocycles. The van der Waals surface area contributed by atoms with Crippen molar-refractivity contribution in [2.45, 2.75) is 32.4 Å². The van der Waals surface area contributed by atoms with Gasteiger partial charge in [0.25, 0.3) is 0 Å². The minimum absolute atomic E-state index is 0.166. The van der Waals surface area contributed by atoms with Gasteiger partial charge >= 0.3 is 0 Å². The SMILES string of the molecule is O=C([C@@H]1CCC[NH+](Cc2cccc3ccccc23)C1)N1CCc2ccccc2C1. The fourth-order valence-electron chi connectivity index (χ4n) is 5.18. The fraction of sp³-hybridized carbons (Fsp3) is 0.346. The molecule has 1 fully saturated rings. The van der Waals surface area contributed by atoms with Crippen molar-refractivity contribution in [2.75, 3.05) is 19.6 Å². The number of benzene rings is 3. The molecule has 1 amide bonds. The van der Waals surface area contributed by atoms with E-state index in [-0.39, 0.29) is 5.92 Å². The normalized spacial score (nSPS) is 21.7. The van der Waals surface area contributed by atoms with Crippen molar-refractivity contribution in [3.05, 3.63) is 83.4 Å². The molecule has 0 spiro atoms. The van der Waals surface area contributed by atoms with E-state index in [0.29, 0.717) is 5.91 Å². The summed E-state index contributed by atoms with van der Waals surface area (Å²) in [4.78, 5) is 16.9. The van der Waals surface area contributed by atoms with Crippen molar-refractivity contribution >= 4 is 16.7 Å². The van der Waals surface area contributed by atoms with Gasteiger partial charge in [-0.25, -0.2) is 0 Å². The van der Waals surface area contributed by atoms with E-state index in [1.165, 1.54) is 27.5 Å². The first-order valence-electron chi connectivity index (χ1n) is 10.9. The Kier molecular flexibility index (Phi) is 5.07. The number of amides is 1. The zero-order valence-corrected chi connectivity index (χ0v) is 16.9. The highest BCUT2D eigenvalue weighted by Gasteiger charge is 2.33. The standard InChI is InChI=1S/C26H28N2O/c29-26(28-16-14-20-7-1-2-9-22(20)19-28)24-12-6-15-27(18-24)17-23-11-5-10-21-8-3-4-13-25(21)23/h1-5,7-11,13,24H,6,12,14-19H2/p+1/t24-/m1/s1. The van der Waals surface area contributed by atoms with Gasteiger partial charge in [0.2, 0.25) is 5.91 Å².